The Kier molecular flexibility index (Phi) is 3.20. The summed E-state index contributed by atoms with van der Waals surface area (Å²) in [5.41, 5.74) is 3.52. The van der Waals surface area contributed by atoms with Crippen molar-refractivity contribution >= 4 is 0 Å². The monoisotopic (exact) mass is 192 g/mol. The van der Waals surface area contributed by atoms with E-state index in [4.69, 9.17) is 0 Å². The number of aryl methyl sites for hydroxylation is 2. The summed E-state index contributed by atoms with van der Waals surface area (Å²) in [6, 6.07) is 3.97. The molecular formula is C13H20O. The second-order valence-electron chi connectivity index (χ2n) is 4.53. The van der Waals surface area contributed by atoms with Crippen LogP contribution in [-0.4, -0.2) is 5.11 Å². The first kappa shape index (κ1) is 11.1. The van der Waals surface area contributed by atoms with E-state index in [1.807, 2.05) is 13.0 Å². The predicted octanol–water partition coefficient (Wildman–Crippen LogP) is 3.77. The summed E-state index contributed by atoms with van der Waals surface area (Å²) < 4.78 is 0. The molecule has 78 valence electrons. The number of phenolic OH excluding ortho intramolecular Hbond substituents is 1. The van der Waals surface area contributed by atoms with Crippen molar-refractivity contribution in [3.05, 3.63) is 28.8 Å². The summed E-state index contributed by atoms with van der Waals surface area (Å²) in [6.45, 7) is 10.7. The Bertz CT molecular complexity index is 326. The fourth-order valence-electron chi connectivity index (χ4n) is 1.67. The van der Waals surface area contributed by atoms with Crippen LogP contribution < -0.4 is 0 Å². The van der Waals surface area contributed by atoms with E-state index in [0.29, 0.717) is 17.6 Å². The molecule has 1 aromatic carbocycles. The van der Waals surface area contributed by atoms with E-state index in [2.05, 4.69) is 33.8 Å². The fourth-order valence-corrected chi connectivity index (χ4v) is 1.67. The molecule has 0 fully saturated rings. The van der Waals surface area contributed by atoms with E-state index < -0.39 is 0 Å². The van der Waals surface area contributed by atoms with Gasteiger partial charge in [-0.1, -0.05) is 26.8 Å². The maximum Gasteiger partial charge on any atom is 0.118 e. The number of aromatic hydroxyl groups is 1. The Morgan fingerprint density at radius 1 is 1.00 bits per heavy atom. The molecule has 1 unspecified atom stereocenters. The Morgan fingerprint density at radius 2 is 1.57 bits per heavy atom. The zero-order chi connectivity index (χ0) is 10.9. The van der Waals surface area contributed by atoms with E-state index in [-0.39, 0.29) is 0 Å². The molecule has 0 radical (unpaired) electrons. The van der Waals surface area contributed by atoms with Gasteiger partial charge in [-0.2, -0.15) is 0 Å². The molecule has 1 aromatic rings. The molecule has 1 rings (SSSR count). The maximum atomic E-state index is 9.54. The molecule has 0 aliphatic carbocycles. The van der Waals surface area contributed by atoms with Gasteiger partial charge in [0.2, 0.25) is 0 Å². The minimum Gasteiger partial charge on any atom is -0.508 e. The van der Waals surface area contributed by atoms with Crippen molar-refractivity contribution < 1.29 is 5.11 Å². The van der Waals surface area contributed by atoms with Crippen LogP contribution in [0.1, 0.15) is 43.4 Å². The van der Waals surface area contributed by atoms with Gasteiger partial charge in [-0.3, -0.25) is 0 Å². The van der Waals surface area contributed by atoms with Crippen molar-refractivity contribution in [1.82, 2.24) is 0 Å². The largest absolute Gasteiger partial charge is 0.508 e. The molecule has 0 aromatic heterocycles. The molecule has 0 saturated carbocycles. The molecule has 0 aliphatic rings. The number of benzene rings is 1. The van der Waals surface area contributed by atoms with Gasteiger partial charge in [0.15, 0.2) is 0 Å². The van der Waals surface area contributed by atoms with Gasteiger partial charge in [0.25, 0.3) is 0 Å². The van der Waals surface area contributed by atoms with Crippen LogP contribution in [0.25, 0.3) is 0 Å². The number of hydrogen-bond donors (Lipinski definition) is 1. The van der Waals surface area contributed by atoms with Gasteiger partial charge >= 0.3 is 0 Å². The first-order valence-corrected chi connectivity index (χ1v) is 5.23. The molecule has 0 spiro atoms. The molecule has 0 saturated heterocycles. The van der Waals surface area contributed by atoms with Gasteiger partial charge < -0.3 is 5.11 Å². The van der Waals surface area contributed by atoms with Gasteiger partial charge in [0.05, 0.1) is 0 Å². The first-order valence-electron chi connectivity index (χ1n) is 5.23. The van der Waals surface area contributed by atoms with Crippen LogP contribution >= 0.6 is 0 Å². The molecule has 0 bridgehead atoms. The second kappa shape index (κ2) is 4.04. The Morgan fingerprint density at radius 3 is 2.07 bits per heavy atom. The molecule has 14 heavy (non-hydrogen) atoms. The quantitative estimate of drug-likeness (QED) is 0.756. The maximum absolute atomic E-state index is 9.54. The number of rotatable bonds is 2. The standard InChI is InChI=1S/C13H20O/c1-8(2)11(5)12-6-10(4)13(14)7-9(12)3/h6-8,11,14H,1-5H3. The molecular weight excluding hydrogens is 172 g/mol. The highest BCUT2D eigenvalue weighted by atomic mass is 16.3. The Labute approximate surface area is 86.8 Å². The average Bonchev–Trinajstić information content (AvgIpc) is 2.10. The third-order valence-corrected chi connectivity index (χ3v) is 3.08. The fraction of sp³-hybridized carbons (Fsp3) is 0.538. The summed E-state index contributed by atoms with van der Waals surface area (Å²) in [7, 11) is 0. The summed E-state index contributed by atoms with van der Waals surface area (Å²) in [5.74, 6) is 1.59. The highest BCUT2D eigenvalue weighted by Gasteiger charge is 2.13. The zero-order valence-corrected chi connectivity index (χ0v) is 9.76. The lowest BCUT2D eigenvalue weighted by atomic mass is 9.86. The van der Waals surface area contributed by atoms with Gasteiger partial charge in [0.1, 0.15) is 5.75 Å². The average molecular weight is 192 g/mol. The van der Waals surface area contributed by atoms with Gasteiger partial charge in [-0.05, 0) is 48.4 Å². The normalized spacial score (nSPS) is 13.3. The Hall–Kier alpha value is -0.980. The van der Waals surface area contributed by atoms with Crippen LogP contribution in [0.15, 0.2) is 12.1 Å². The summed E-state index contributed by atoms with van der Waals surface area (Å²) in [4.78, 5) is 0. The molecule has 1 nitrogen and oxygen atoms in total. The van der Waals surface area contributed by atoms with Crippen molar-refractivity contribution in [3.63, 3.8) is 0 Å². The highest BCUT2D eigenvalue weighted by molar-refractivity contribution is 5.42. The molecule has 0 aliphatic heterocycles. The lowest BCUT2D eigenvalue weighted by Crippen LogP contribution is -2.04. The van der Waals surface area contributed by atoms with Gasteiger partial charge in [-0.15, -0.1) is 0 Å². The highest BCUT2D eigenvalue weighted by Crippen LogP contribution is 2.30. The molecule has 0 heterocycles. The summed E-state index contributed by atoms with van der Waals surface area (Å²) in [6.07, 6.45) is 0. The van der Waals surface area contributed by atoms with E-state index in [1.54, 1.807) is 0 Å². The van der Waals surface area contributed by atoms with E-state index >= 15 is 0 Å². The van der Waals surface area contributed by atoms with Crippen LogP contribution in [-0.2, 0) is 0 Å². The SMILES string of the molecule is Cc1cc(C(C)C(C)C)c(C)cc1O. The van der Waals surface area contributed by atoms with Crippen molar-refractivity contribution in [2.24, 2.45) is 5.92 Å². The lowest BCUT2D eigenvalue weighted by molar-refractivity contribution is 0.468. The van der Waals surface area contributed by atoms with Crippen LogP contribution in [0, 0.1) is 19.8 Å². The predicted molar refractivity (Wildman–Crippen MR) is 60.8 cm³/mol. The summed E-state index contributed by atoms with van der Waals surface area (Å²) >= 11 is 0. The Balaban J connectivity index is 3.15. The smallest absolute Gasteiger partial charge is 0.118 e. The van der Waals surface area contributed by atoms with Crippen molar-refractivity contribution in [2.45, 2.75) is 40.5 Å². The van der Waals surface area contributed by atoms with Gasteiger partial charge in [0, 0.05) is 0 Å². The first-order chi connectivity index (χ1) is 6.43. The van der Waals surface area contributed by atoms with E-state index in [0.717, 1.165) is 5.56 Å². The molecule has 1 heteroatoms. The van der Waals surface area contributed by atoms with E-state index in [1.165, 1.54) is 11.1 Å². The van der Waals surface area contributed by atoms with Crippen molar-refractivity contribution in [1.29, 1.82) is 0 Å². The van der Waals surface area contributed by atoms with Crippen LogP contribution in [0.4, 0.5) is 0 Å². The summed E-state index contributed by atoms with van der Waals surface area (Å²) in [5, 5.41) is 9.54. The zero-order valence-electron chi connectivity index (χ0n) is 9.76. The van der Waals surface area contributed by atoms with Crippen LogP contribution in [0.2, 0.25) is 0 Å². The second-order valence-corrected chi connectivity index (χ2v) is 4.53. The minimum absolute atomic E-state index is 0.405. The van der Waals surface area contributed by atoms with Crippen molar-refractivity contribution in [2.75, 3.05) is 0 Å². The molecule has 1 N–H and O–H groups in total. The lowest BCUT2D eigenvalue weighted by Gasteiger charge is -2.19. The molecule has 0 amide bonds. The third kappa shape index (κ3) is 2.09. The van der Waals surface area contributed by atoms with Crippen molar-refractivity contribution in [3.8, 4) is 5.75 Å². The molecule has 1 atom stereocenters. The minimum atomic E-state index is 0.405. The van der Waals surface area contributed by atoms with Crippen LogP contribution in [0.3, 0.4) is 0 Å². The number of phenols is 1. The van der Waals surface area contributed by atoms with E-state index in [9.17, 15) is 5.11 Å². The third-order valence-electron chi connectivity index (χ3n) is 3.08. The van der Waals surface area contributed by atoms with Crippen LogP contribution in [0.5, 0.6) is 5.75 Å². The number of hydrogen-bond acceptors (Lipinski definition) is 1. The van der Waals surface area contributed by atoms with Gasteiger partial charge in [-0.25, -0.2) is 0 Å². The topological polar surface area (TPSA) is 20.2 Å².